The standard InChI is InChI=1S/C28H31N5O2/c34-28(30-19-27(24-6-2-1-3-7-24)32-14-16-35-17-15-32)29-18-22-10-12-23(13-11-22)20-33-21-31-25-8-4-5-9-26(25)33/h1-13,21,27H,14-20H2,(H2,29,30,34). The smallest absolute Gasteiger partial charge is 0.315 e. The van der Waals surface area contributed by atoms with Gasteiger partial charge in [-0.15, -0.1) is 0 Å². The number of imidazole rings is 1. The average molecular weight is 470 g/mol. The van der Waals surface area contributed by atoms with Crippen LogP contribution >= 0.6 is 0 Å². The van der Waals surface area contributed by atoms with Crippen LogP contribution in [0.2, 0.25) is 0 Å². The summed E-state index contributed by atoms with van der Waals surface area (Å²) in [4.78, 5) is 19.4. The number of aromatic nitrogens is 2. The first kappa shape index (κ1) is 23.1. The third kappa shape index (κ3) is 5.88. The maximum absolute atomic E-state index is 12.6. The van der Waals surface area contributed by atoms with Gasteiger partial charge in [0, 0.05) is 32.7 Å². The number of morpholine rings is 1. The zero-order chi connectivity index (χ0) is 23.9. The number of hydrogen-bond acceptors (Lipinski definition) is 4. The minimum absolute atomic E-state index is 0.129. The molecule has 4 aromatic rings. The van der Waals surface area contributed by atoms with Crippen LogP contribution in [0.25, 0.3) is 11.0 Å². The first-order chi connectivity index (χ1) is 17.3. The lowest BCUT2D eigenvalue weighted by Crippen LogP contribution is -2.45. The van der Waals surface area contributed by atoms with Gasteiger partial charge in [-0.05, 0) is 28.8 Å². The lowest BCUT2D eigenvalue weighted by atomic mass is 10.0. The number of benzene rings is 3. The van der Waals surface area contributed by atoms with Gasteiger partial charge in [0.1, 0.15) is 0 Å². The van der Waals surface area contributed by atoms with E-state index in [-0.39, 0.29) is 12.1 Å². The Hall–Kier alpha value is -3.68. The third-order valence-electron chi connectivity index (χ3n) is 6.48. The molecule has 1 atom stereocenters. The molecule has 0 bridgehead atoms. The number of hydrogen-bond donors (Lipinski definition) is 2. The summed E-state index contributed by atoms with van der Waals surface area (Å²) in [7, 11) is 0. The van der Waals surface area contributed by atoms with Crippen molar-refractivity contribution in [3.8, 4) is 0 Å². The summed E-state index contributed by atoms with van der Waals surface area (Å²) < 4.78 is 7.66. The second-order valence-corrected chi connectivity index (χ2v) is 8.82. The van der Waals surface area contributed by atoms with Gasteiger partial charge in [-0.1, -0.05) is 66.7 Å². The number of nitrogens with one attached hydrogen (secondary N) is 2. The quantitative estimate of drug-likeness (QED) is 0.410. The zero-order valence-corrected chi connectivity index (χ0v) is 19.8. The summed E-state index contributed by atoms with van der Waals surface area (Å²) >= 11 is 0. The van der Waals surface area contributed by atoms with Crippen LogP contribution < -0.4 is 10.6 Å². The molecule has 1 aliphatic heterocycles. The van der Waals surface area contributed by atoms with Crippen molar-refractivity contribution in [1.82, 2.24) is 25.1 Å². The van der Waals surface area contributed by atoms with E-state index in [9.17, 15) is 4.79 Å². The minimum atomic E-state index is -0.159. The van der Waals surface area contributed by atoms with Crippen molar-refractivity contribution >= 4 is 17.1 Å². The molecule has 35 heavy (non-hydrogen) atoms. The number of para-hydroxylation sites is 2. The maximum atomic E-state index is 12.6. The van der Waals surface area contributed by atoms with E-state index in [0.717, 1.165) is 49.4 Å². The molecule has 7 heteroatoms. The van der Waals surface area contributed by atoms with Crippen LogP contribution in [0.5, 0.6) is 0 Å². The maximum Gasteiger partial charge on any atom is 0.315 e. The van der Waals surface area contributed by atoms with Gasteiger partial charge in [-0.3, -0.25) is 4.90 Å². The van der Waals surface area contributed by atoms with E-state index in [2.05, 4.69) is 67.5 Å². The molecule has 0 spiro atoms. The van der Waals surface area contributed by atoms with Crippen molar-refractivity contribution in [3.63, 3.8) is 0 Å². The van der Waals surface area contributed by atoms with Crippen LogP contribution in [0.1, 0.15) is 22.7 Å². The molecule has 7 nitrogen and oxygen atoms in total. The van der Waals surface area contributed by atoms with Gasteiger partial charge in [0.05, 0.1) is 36.6 Å². The average Bonchev–Trinajstić information content (AvgIpc) is 3.32. The SMILES string of the molecule is O=C(NCc1ccc(Cn2cnc3ccccc32)cc1)NCC(c1ccccc1)N1CCOCC1. The summed E-state index contributed by atoms with van der Waals surface area (Å²) in [5.74, 6) is 0. The van der Waals surface area contributed by atoms with Crippen LogP contribution in [0.4, 0.5) is 4.79 Å². The molecular formula is C28H31N5O2. The summed E-state index contributed by atoms with van der Waals surface area (Å²) in [6, 6.07) is 26.8. The van der Waals surface area contributed by atoms with Crippen LogP contribution in [0.3, 0.4) is 0 Å². The van der Waals surface area contributed by atoms with E-state index in [4.69, 9.17) is 4.74 Å². The molecule has 5 rings (SSSR count). The van der Waals surface area contributed by atoms with Gasteiger partial charge in [0.15, 0.2) is 0 Å². The predicted octanol–water partition coefficient (Wildman–Crippen LogP) is 3.96. The van der Waals surface area contributed by atoms with Crippen molar-refractivity contribution in [2.75, 3.05) is 32.8 Å². The second kappa shape index (κ2) is 11.2. The lowest BCUT2D eigenvalue weighted by Gasteiger charge is -2.34. The van der Waals surface area contributed by atoms with E-state index in [0.29, 0.717) is 13.1 Å². The fraction of sp³-hybridized carbons (Fsp3) is 0.286. The van der Waals surface area contributed by atoms with E-state index in [1.165, 1.54) is 11.1 Å². The number of ether oxygens (including phenoxy) is 1. The molecule has 0 aliphatic carbocycles. The summed E-state index contributed by atoms with van der Waals surface area (Å²) in [5, 5.41) is 6.05. The second-order valence-electron chi connectivity index (χ2n) is 8.82. The van der Waals surface area contributed by atoms with Gasteiger partial charge in [0.25, 0.3) is 0 Å². The van der Waals surface area contributed by atoms with Crippen LogP contribution in [0.15, 0.2) is 85.2 Å². The molecule has 2 N–H and O–H groups in total. The Bertz CT molecular complexity index is 1230. The molecule has 180 valence electrons. The fourth-order valence-electron chi connectivity index (χ4n) is 4.55. The first-order valence-electron chi connectivity index (χ1n) is 12.1. The summed E-state index contributed by atoms with van der Waals surface area (Å²) in [6.07, 6.45) is 1.88. The van der Waals surface area contributed by atoms with Gasteiger partial charge in [-0.2, -0.15) is 0 Å². The molecule has 1 saturated heterocycles. The summed E-state index contributed by atoms with van der Waals surface area (Å²) in [5.41, 5.74) is 5.59. The Labute approximate surface area is 205 Å². The molecular weight excluding hydrogens is 438 g/mol. The number of urea groups is 1. The Morgan fingerprint density at radius 2 is 1.60 bits per heavy atom. The van der Waals surface area contributed by atoms with E-state index >= 15 is 0 Å². The first-order valence-corrected chi connectivity index (χ1v) is 12.1. The van der Waals surface area contributed by atoms with E-state index in [1.807, 2.05) is 42.7 Å². The number of carbonyl (C=O) groups is 1. The normalized spacial score (nSPS) is 15.1. The highest BCUT2D eigenvalue weighted by Gasteiger charge is 2.23. The highest BCUT2D eigenvalue weighted by Crippen LogP contribution is 2.21. The van der Waals surface area contributed by atoms with Crippen LogP contribution in [0, 0.1) is 0 Å². The number of rotatable bonds is 8. The number of fused-ring (bicyclic) bond motifs is 1. The van der Waals surface area contributed by atoms with Crippen molar-refractivity contribution in [2.24, 2.45) is 0 Å². The van der Waals surface area contributed by atoms with Gasteiger partial charge >= 0.3 is 6.03 Å². The lowest BCUT2D eigenvalue weighted by molar-refractivity contribution is 0.0167. The number of nitrogens with zero attached hydrogens (tertiary/aromatic N) is 3. The number of amides is 2. The molecule has 1 aliphatic rings. The third-order valence-corrected chi connectivity index (χ3v) is 6.48. The topological polar surface area (TPSA) is 71.4 Å². The van der Waals surface area contributed by atoms with Gasteiger partial charge < -0.3 is 19.9 Å². The largest absolute Gasteiger partial charge is 0.379 e. The molecule has 2 amide bonds. The van der Waals surface area contributed by atoms with Crippen LogP contribution in [-0.4, -0.2) is 53.3 Å². The van der Waals surface area contributed by atoms with Crippen molar-refractivity contribution < 1.29 is 9.53 Å². The molecule has 1 fully saturated rings. The number of carbonyl (C=O) groups excluding carboxylic acids is 1. The van der Waals surface area contributed by atoms with E-state index < -0.39 is 0 Å². The van der Waals surface area contributed by atoms with Crippen LogP contribution in [-0.2, 0) is 17.8 Å². The predicted molar refractivity (Wildman–Crippen MR) is 137 cm³/mol. The molecule has 0 saturated carbocycles. The van der Waals surface area contributed by atoms with E-state index in [1.54, 1.807) is 0 Å². The fourth-order valence-corrected chi connectivity index (χ4v) is 4.55. The monoisotopic (exact) mass is 469 g/mol. The Balaban J connectivity index is 1.13. The molecule has 1 unspecified atom stereocenters. The molecule has 2 heterocycles. The van der Waals surface area contributed by atoms with Gasteiger partial charge in [-0.25, -0.2) is 9.78 Å². The highest BCUT2D eigenvalue weighted by molar-refractivity contribution is 5.75. The zero-order valence-electron chi connectivity index (χ0n) is 19.8. The summed E-state index contributed by atoms with van der Waals surface area (Å²) in [6.45, 7) is 4.97. The molecule has 3 aromatic carbocycles. The Morgan fingerprint density at radius 1 is 0.886 bits per heavy atom. The molecule has 0 radical (unpaired) electrons. The Kier molecular flexibility index (Phi) is 7.36. The minimum Gasteiger partial charge on any atom is -0.379 e. The van der Waals surface area contributed by atoms with Crippen molar-refractivity contribution in [1.29, 1.82) is 0 Å². The van der Waals surface area contributed by atoms with Crippen molar-refractivity contribution in [2.45, 2.75) is 19.1 Å². The van der Waals surface area contributed by atoms with Gasteiger partial charge in [0.2, 0.25) is 0 Å². The molecule has 1 aromatic heterocycles. The Morgan fingerprint density at radius 3 is 2.40 bits per heavy atom. The highest BCUT2D eigenvalue weighted by atomic mass is 16.5. The van der Waals surface area contributed by atoms with Crippen molar-refractivity contribution in [3.05, 3.63) is 102 Å².